The van der Waals surface area contributed by atoms with E-state index in [0.717, 1.165) is 0 Å². The highest BCUT2D eigenvalue weighted by Crippen LogP contribution is 2.34. The van der Waals surface area contributed by atoms with E-state index in [1.54, 1.807) is 0 Å². The molecule has 0 fully saturated rings. The summed E-state index contributed by atoms with van der Waals surface area (Å²) in [6.45, 7) is 0. The Morgan fingerprint density at radius 2 is 1.65 bits per heavy atom. The fourth-order valence-corrected chi connectivity index (χ4v) is 2.31. The molecule has 1 amide bonds. The van der Waals surface area contributed by atoms with Crippen LogP contribution < -0.4 is 11.1 Å². The third kappa shape index (κ3) is 3.28. The van der Waals surface area contributed by atoms with Crippen LogP contribution in [0.1, 0.15) is 10.4 Å². The molecule has 0 spiro atoms. The number of aromatic hydroxyl groups is 1. The molecule has 2 aromatic carbocycles. The predicted molar refractivity (Wildman–Crippen MR) is 81.9 cm³/mol. The normalized spacial score (nSPS) is 10.3. The smallest absolute Gasteiger partial charge is 0.255 e. The van der Waals surface area contributed by atoms with Crippen molar-refractivity contribution in [2.45, 2.75) is 0 Å². The fourth-order valence-electron chi connectivity index (χ4n) is 1.58. The second-order valence-electron chi connectivity index (χ2n) is 4.02. The Labute approximate surface area is 130 Å². The number of hydrogen-bond acceptors (Lipinski definition) is 3. The molecule has 0 unspecified atom stereocenters. The van der Waals surface area contributed by atoms with Crippen LogP contribution in [0.15, 0.2) is 30.3 Å². The van der Waals surface area contributed by atoms with Gasteiger partial charge in [-0.25, -0.2) is 0 Å². The number of nitrogens with one attached hydrogen (secondary N) is 1. The topological polar surface area (TPSA) is 75.4 Å². The van der Waals surface area contributed by atoms with Crippen LogP contribution in [0.3, 0.4) is 0 Å². The largest absolute Gasteiger partial charge is 0.505 e. The number of carbonyl (C=O) groups excluding carboxylic acids is 1. The third-order valence-corrected chi connectivity index (χ3v) is 3.25. The van der Waals surface area contributed by atoms with Crippen LogP contribution in [0.5, 0.6) is 5.75 Å². The van der Waals surface area contributed by atoms with E-state index in [4.69, 9.17) is 40.5 Å². The van der Waals surface area contributed by atoms with Gasteiger partial charge in [-0.3, -0.25) is 4.79 Å². The van der Waals surface area contributed by atoms with Gasteiger partial charge >= 0.3 is 0 Å². The van der Waals surface area contributed by atoms with Crippen molar-refractivity contribution < 1.29 is 9.90 Å². The zero-order valence-electron chi connectivity index (χ0n) is 9.95. The van der Waals surface area contributed by atoms with Gasteiger partial charge in [-0.2, -0.15) is 0 Å². The molecule has 0 atom stereocenters. The van der Waals surface area contributed by atoms with Crippen molar-refractivity contribution in [2.75, 3.05) is 11.1 Å². The molecule has 0 saturated carbocycles. The lowest BCUT2D eigenvalue weighted by atomic mass is 10.2. The SMILES string of the molecule is Nc1cc(Cl)cc(C(=O)Nc2cc(Cl)c(O)c(Cl)c2)c1. The quantitative estimate of drug-likeness (QED) is 0.570. The minimum atomic E-state index is -0.419. The molecule has 4 nitrogen and oxygen atoms in total. The molecular formula is C13H9Cl3N2O2. The number of hydrogen-bond donors (Lipinski definition) is 3. The average molecular weight is 332 g/mol. The number of phenolic OH excluding ortho intramolecular Hbond substituents is 1. The van der Waals surface area contributed by atoms with Crippen LogP contribution >= 0.6 is 34.8 Å². The third-order valence-electron chi connectivity index (χ3n) is 2.46. The summed E-state index contributed by atoms with van der Waals surface area (Å²) in [7, 11) is 0. The summed E-state index contributed by atoms with van der Waals surface area (Å²) in [4.78, 5) is 12.1. The second kappa shape index (κ2) is 5.79. The minimum Gasteiger partial charge on any atom is -0.505 e. The second-order valence-corrected chi connectivity index (χ2v) is 5.27. The maximum atomic E-state index is 12.1. The van der Waals surface area contributed by atoms with E-state index < -0.39 is 5.91 Å². The van der Waals surface area contributed by atoms with E-state index in [1.165, 1.54) is 30.3 Å². The Morgan fingerprint density at radius 3 is 2.20 bits per heavy atom. The zero-order chi connectivity index (χ0) is 14.9. The number of anilines is 2. The lowest BCUT2D eigenvalue weighted by molar-refractivity contribution is 0.102. The summed E-state index contributed by atoms with van der Waals surface area (Å²) < 4.78 is 0. The number of benzene rings is 2. The van der Waals surface area contributed by atoms with Crippen molar-refractivity contribution in [3.63, 3.8) is 0 Å². The molecule has 4 N–H and O–H groups in total. The molecule has 0 aliphatic carbocycles. The van der Waals surface area contributed by atoms with E-state index in [0.29, 0.717) is 22.0 Å². The summed E-state index contributed by atoms with van der Waals surface area (Å²) in [5.41, 5.74) is 6.65. The van der Waals surface area contributed by atoms with Crippen LogP contribution in [0.25, 0.3) is 0 Å². The molecule has 2 aromatic rings. The van der Waals surface area contributed by atoms with Gasteiger partial charge in [0.15, 0.2) is 5.75 Å². The van der Waals surface area contributed by atoms with Gasteiger partial charge in [-0.05, 0) is 30.3 Å². The number of halogens is 3. The van der Waals surface area contributed by atoms with Crippen molar-refractivity contribution >= 4 is 52.1 Å². The van der Waals surface area contributed by atoms with Crippen LogP contribution in [-0.4, -0.2) is 11.0 Å². The highest BCUT2D eigenvalue weighted by Gasteiger charge is 2.11. The van der Waals surface area contributed by atoms with Crippen LogP contribution in [-0.2, 0) is 0 Å². The Bertz CT molecular complexity index is 646. The van der Waals surface area contributed by atoms with Crippen molar-refractivity contribution in [3.8, 4) is 5.75 Å². The number of nitrogen functional groups attached to an aromatic ring is 1. The molecule has 0 aromatic heterocycles. The summed E-state index contributed by atoms with van der Waals surface area (Å²) in [5, 5.41) is 12.5. The number of carbonyl (C=O) groups is 1. The molecule has 7 heteroatoms. The molecular weight excluding hydrogens is 323 g/mol. The zero-order valence-corrected chi connectivity index (χ0v) is 12.2. The molecule has 0 aliphatic rings. The van der Waals surface area contributed by atoms with Gasteiger partial charge in [0.25, 0.3) is 5.91 Å². The van der Waals surface area contributed by atoms with Crippen molar-refractivity contribution in [1.29, 1.82) is 0 Å². The monoisotopic (exact) mass is 330 g/mol. The van der Waals surface area contributed by atoms with E-state index in [-0.39, 0.29) is 15.8 Å². The summed E-state index contributed by atoms with van der Waals surface area (Å²) in [6, 6.07) is 7.28. The number of amides is 1. The van der Waals surface area contributed by atoms with E-state index >= 15 is 0 Å². The molecule has 2 rings (SSSR count). The summed E-state index contributed by atoms with van der Waals surface area (Å²) >= 11 is 17.4. The fraction of sp³-hybridized carbons (Fsp3) is 0. The lowest BCUT2D eigenvalue weighted by Crippen LogP contribution is -2.12. The molecule has 0 heterocycles. The summed E-state index contributed by atoms with van der Waals surface area (Å²) in [6.07, 6.45) is 0. The minimum absolute atomic E-state index is 0.0402. The van der Waals surface area contributed by atoms with Crippen LogP contribution in [0, 0.1) is 0 Å². The molecule has 0 bridgehead atoms. The average Bonchev–Trinajstić information content (AvgIpc) is 2.34. The maximum Gasteiger partial charge on any atom is 0.255 e. The maximum absolute atomic E-state index is 12.1. The van der Waals surface area contributed by atoms with Gasteiger partial charge in [0.2, 0.25) is 0 Å². The Kier molecular flexibility index (Phi) is 4.28. The van der Waals surface area contributed by atoms with E-state index in [1.807, 2.05) is 0 Å². The van der Waals surface area contributed by atoms with E-state index in [2.05, 4.69) is 5.32 Å². The van der Waals surface area contributed by atoms with Gasteiger partial charge in [0.1, 0.15) is 0 Å². The summed E-state index contributed by atoms with van der Waals surface area (Å²) in [5.74, 6) is -0.657. The van der Waals surface area contributed by atoms with Gasteiger partial charge in [-0.1, -0.05) is 34.8 Å². The lowest BCUT2D eigenvalue weighted by Gasteiger charge is -2.08. The molecule has 20 heavy (non-hydrogen) atoms. The highest BCUT2D eigenvalue weighted by atomic mass is 35.5. The Balaban J connectivity index is 2.28. The molecule has 0 aliphatic heterocycles. The Morgan fingerprint density at radius 1 is 1.05 bits per heavy atom. The predicted octanol–water partition coefficient (Wildman–Crippen LogP) is 4.19. The number of rotatable bonds is 2. The first-order valence-electron chi connectivity index (χ1n) is 5.42. The van der Waals surface area contributed by atoms with Gasteiger partial charge in [0, 0.05) is 22.0 Å². The first-order valence-corrected chi connectivity index (χ1v) is 6.55. The van der Waals surface area contributed by atoms with Crippen LogP contribution in [0.2, 0.25) is 15.1 Å². The standard InChI is InChI=1S/C13H9Cl3N2O2/c14-7-1-6(2-8(17)3-7)13(20)18-9-4-10(15)12(19)11(16)5-9/h1-5,19H,17H2,(H,18,20). The molecule has 0 saturated heterocycles. The highest BCUT2D eigenvalue weighted by molar-refractivity contribution is 6.37. The van der Waals surface area contributed by atoms with E-state index in [9.17, 15) is 9.90 Å². The van der Waals surface area contributed by atoms with Crippen LogP contribution in [0.4, 0.5) is 11.4 Å². The molecule has 104 valence electrons. The van der Waals surface area contributed by atoms with Crippen molar-refractivity contribution in [1.82, 2.24) is 0 Å². The van der Waals surface area contributed by atoms with Crippen molar-refractivity contribution in [3.05, 3.63) is 51.0 Å². The first-order chi connectivity index (χ1) is 9.36. The van der Waals surface area contributed by atoms with Crippen molar-refractivity contribution in [2.24, 2.45) is 0 Å². The van der Waals surface area contributed by atoms with Gasteiger partial charge in [-0.15, -0.1) is 0 Å². The van der Waals surface area contributed by atoms with Gasteiger partial charge < -0.3 is 16.2 Å². The van der Waals surface area contributed by atoms with Gasteiger partial charge in [0.05, 0.1) is 10.0 Å². The number of nitrogens with two attached hydrogens (primary N) is 1. The number of phenols is 1. The first kappa shape index (κ1) is 14.8. The Hall–Kier alpha value is -1.62. The molecule has 0 radical (unpaired) electrons.